The van der Waals surface area contributed by atoms with Crippen molar-refractivity contribution in [2.45, 2.75) is 44.7 Å². The molecule has 1 amide bonds. The number of benzene rings is 1. The monoisotopic (exact) mass is 315 g/mol. The summed E-state index contributed by atoms with van der Waals surface area (Å²) in [6.45, 7) is 6.36. The maximum atomic E-state index is 12.4. The van der Waals surface area contributed by atoms with Crippen molar-refractivity contribution < 1.29 is 4.79 Å². The molecular weight excluding hydrogens is 286 g/mol. The van der Waals surface area contributed by atoms with Crippen LogP contribution in [0.15, 0.2) is 30.3 Å². The van der Waals surface area contributed by atoms with Gasteiger partial charge in [-0.2, -0.15) is 0 Å². The highest BCUT2D eigenvalue weighted by Gasteiger charge is 2.27. The predicted octanol–water partition coefficient (Wildman–Crippen LogP) is 2.33. The van der Waals surface area contributed by atoms with E-state index in [0.29, 0.717) is 12.1 Å². The van der Waals surface area contributed by atoms with Crippen LogP contribution in [0.4, 0.5) is 0 Å². The second-order valence-electron chi connectivity index (χ2n) is 6.93. The van der Waals surface area contributed by atoms with Gasteiger partial charge < -0.3 is 10.6 Å². The minimum atomic E-state index is 0.220. The van der Waals surface area contributed by atoms with Crippen molar-refractivity contribution in [2.75, 3.05) is 26.2 Å². The molecule has 0 aliphatic carbocycles. The second kappa shape index (κ2) is 7.93. The van der Waals surface area contributed by atoms with Gasteiger partial charge in [-0.1, -0.05) is 30.3 Å². The SMILES string of the molecule is CC(c1ccccc1)N1CCC(NC(=O)C2CCNCC2)CC1. The first-order valence-corrected chi connectivity index (χ1v) is 9.04. The number of nitrogens with one attached hydrogen (secondary N) is 2. The van der Waals surface area contributed by atoms with Crippen LogP contribution in [0.3, 0.4) is 0 Å². The first-order valence-electron chi connectivity index (χ1n) is 9.04. The minimum Gasteiger partial charge on any atom is -0.353 e. The van der Waals surface area contributed by atoms with E-state index in [1.165, 1.54) is 5.56 Å². The molecule has 2 aliphatic heterocycles. The summed E-state index contributed by atoms with van der Waals surface area (Å²) < 4.78 is 0. The van der Waals surface area contributed by atoms with Crippen molar-refractivity contribution in [3.05, 3.63) is 35.9 Å². The molecule has 2 heterocycles. The zero-order valence-electron chi connectivity index (χ0n) is 14.1. The highest BCUT2D eigenvalue weighted by atomic mass is 16.1. The van der Waals surface area contributed by atoms with E-state index in [-0.39, 0.29) is 11.8 Å². The van der Waals surface area contributed by atoms with Crippen molar-refractivity contribution in [3.63, 3.8) is 0 Å². The summed E-state index contributed by atoms with van der Waals surface area (Å²) in [4.78, 5) is 14.9. The summed E-state index contributed by atoms with van der Waals surface area (Å²) in [5.74, 6) is 0.499. The number of nitrogens with zero attached hydrogens (tertiary/aromatic N) is 1. The van der Waals surface area contributed by atoms with Gasteiger partial charge in [-0.15, -0.1) is 0 Å². The molecule has 0 spiro atoms. The molecule has 1 unspecified atom stereocenters. The van der Waals surface area contributed by atoms with Crippen LogP contribution in [0, 0.1) is 5.92 Å². The molecule has 1 atom stereocenters. The molecule has 2 aliphatic rings. The molecule has 1 aromatic carbocycles. The van der Waals surface area contributed by atoms with Crippen LogP contribution in [0.2, 0.25) is 0 Å². The van der Waals surface area contributed by atoms with Gasteiger partial charge in [-0.05, 0) is 51.3 Å². The second-order valence-corrected chi connectivity index (χ2v) is 6.93. The van der Waals surface area contributed by atoms with Gasteiger partial charge in [0, 0.05) is 31.1 Å². The predicted molar refractivity (Wildman–Crippen MR) is 93.2 cm³/mol. The highest BCUT2D eigenvalue weighted by Crippen LogP contribution is 2.24. The molecule has 2 N–H and O–H groups in total. The smallest absolute Gasteiger partial charge is 0.223 e. The molecule has 2 saturated heterocycles. The Balaban J connectivity index is 1.45. The molecular formula is C19H29N3O. The molecule has 3 rings (SSSR count). The number of hydrogen-bond acceptors (Lipinski definition) is 3. The van der Waals surface area contributed by atoms with Gasteiger partial charge in [-0.25, -0.2) is 0 Å². The van der Waals surface area contributed by atoms with E-state index >= 15 is 0 Å². The molecule has 1 aromatic rings. The third kappa shape index (κ3) is 4.33. The summed E-state index contributed by atoms with van der Waals surface area (Å²) in [6, 6.07) is 11.5. The Labute approximate surface area is 139 Å². The van der Waals surface area contributed by atoms with E-state index in [1.807, 2.05) is 0 Å². The van der Waals surface area contributed by atoms with E-state index in [1.54, 1.807) is 0 Å². The number of rotatable bonds is 4. The number of carbonyl (C=O) groups excluding carboxylic acids is 1. The average Bonchev–Trinajstić information content (AvgIpc) is 2.63. The van der Waals surface area contributed by atoms with Crippen LogP contribution < -0.4 is 10.6 Å². The number of amides is 1. The van der Waals surface area contributed by atoms with E-state index in [4.69, 9.17) is 0 Å². The van der Waals surface area contributed by atoms with Crippen LogP contribution >= 0.6 is 0 Å². The van der Waals surface area contributed by atoms with Crippen molar-refractivity contribution >= 4 is 5.91 Å². The van der Waals surface area contributed by atoms with Crippen molar-refractivity contribution in [1.29, 1.82) is 0 Å². The fourth-order valence-electron chi connectivity index (χ4n) is 3.78. The highest BCUT2D eigenvalue weighted by molar-refractivity contribution is 5.79. The molecule has 0 aromatic heterocycles. The lowest BCUT2D eigenvalue weighted by atomic mass is 9.95. The number of hydrogen-bond donors (Lipinski definition) is 2. The molecule has 0 radical (unpaired) electrons. The van der Waals surface area contributed by atoms with E-state index in [9.17, 15) is 4.79 Å². The zero-order chi connectivity index (χ0) is 16.1. The van der Waals surface area contributed by atoms with Gasteiger partial charge in [0.2, 0.25) is 5.91 Å². The lowest BCUT2D eigenvalue weighted by molar-refractivity contribution is -0.126. The van der Waals surface area contributed by atoms with Gasteiger partial charge in [-0.3, -0.25) is 9.69 Å². The molecule has 4 heteroatoms. The maximum absolute atomic E-state index is 12.4. The van der Waals surface area contributed by atoms with Gasteiger partial charge in [0.25, 0.3) is 0 Å². The Hall–Kier alpha value is -1.39. The van der Waals surface area contributed by atoms with E-state index in [2.05, 4.69) is 52.8 Å². The third-order valence-electron chi connectivity index (χ3n) is 5.42. The Morgan fingerprint density at radius 3 is 2.43 bits per heavy atom. The van der Waals surface area contributed by atoms with Gasteiger partial charge >= 0.3 is 0 Å². The molecule has 4 nitrogen and oxygen atoms in total. The maximum Gasteiger partial charge on any atom is 0.223 e. The largest absolute Gasteiger partial charge is 0.353 e. The summed E-state index contributed by atoms with van der Waals surface area (Å²) in [5, 5.41) is 6.61. The lowest BCUT2D eigenvalue weighted by Gasteiger charge is -2.37. The van der Waals surface area contributed by atoms with Crippen LogP contribution in [0.25, 0.3) is 0 Å². The van der Waals surface area contributed by atoms with Crippen LogP contribution in [-0.4, -0.2) is 43.0 Å². The van der Waals surface area contributed by atoms with Crippen molar-refractivity contribution in [3.8, 4) is 0 Å². The van der Waals surface area contributed by atoms with E-state index < -0.39 is 0 Å². The molecule has 23 heavy (non-hydrogen) atoms. The molecule has 126 valence electrons. The molecule has 2 fully saturated rings. The van der Waals surface area contributed by atoms with Gasteiger partial charge in [0.05, 0.1) is 0 Å². The van der Waals surface area contributed by atoms with E-state index in [0.717, 1.165) is 51.9 Å². The first kappa shape index (κ1) is 16.5. The Kier molecular flexibility index (Phi) is 5.68. The Morgan fingerprint density at radius 2 is 1.78 bits per heavy atom. The fraction of sp³-hybridized carbons (Fsp3) is 0.632. The molecule has 0 bridgehead atoms. The van der Waals surface area contributed by atoms with Crippen LogP contribution in [-0.2, 0) is 4.79 Å². The number of likely N-dealkylation sites (tertiary alicyclic amines) is 1. The van der Waals surface area contributed by atoms with Crippen LogP contribution in [0.1, 0.15) is 44.2 Å². The Morgan fingerprint density at radius 1 is 1.13 bits per heavy atom. The quantitative estimate of drug-likeness (QED) is 0.896. The minimum absolute atomic E-state index is 0.220. The fourth-order valence-corrected chi connectivity index (χ4v) is 3.78. The van der Waals surface area contributed by atoms with Gasteiger partial charge in [0.15, 0.2) is 0 Å². The average molecular weight is 315 g/mol. The topological polar surface area (TPSA) is 44.4 Å². The van der Waals surface area contributed by atoms with Crippen molar-refractivity contribution in [1.82, 2.24) is 15.5 Å². The standard InChI is InChI=1S/C19H29N3O/c1-15(16-5-3-2-4-6-16)22-13-9-18(10-14-22)21-19(23)17-7-11-20-12-8-17/h2-6,15,17-18,20H,7-14H2,1H3,(H,21,23). The number of piperidine rings is 2. The molecule has 0 saturated carbocycles. The summed E-state index contributed by atoms with van der Waals surface area (Å²) >= 11 is 0. The summed E-state index contributed by atoms with van der Waals surface area (Å²) in [5.41, 5.74) is 1.38. The first-order chi connectivity index (χ1) is 11.2. The number of carbonyl (C=O) groups is 1. The summed E-state index contributed by atoms with van der Waals surface area (Å²) in [6.07, 6.45) is 4.09. The summed E-state index contributed by atoms with van der Waals surface area (Å²) in [7, 11) is 0. The normalized spacial score (nSPS) is 22.7. The van der Waals surface area contributed by atoms with Crippen molar-refractivity contribution in [2.24, 2.45) is 5.92 Å². The van der Waals surface area contributed by atoms with Crippen LogP contribution in [0.5, 0.6) is 0 Å². The van der Waals surface area contributed by atoms with Gasteiger partial charge in [0.1, 0.15) is 0 Å². The lowest BCUT2D eigenvalue weighted by Crippen LogP contribution is -2.48. The Bertz CT molecular complexity index is 491. The zero-order valence-corrected chi connectivity index (χ0v) is 14.1. The third-order valence-corrected chi connectivity index (χ3v) is 5.42.